The molecule has 1 aliphatic heterocycles. The minimum atomic E-state index is -3.01. The molecule has 7 nitrogen and oxygen atoms in total. The number of carbonyl (C=O) groups is 2. The van der Waals surface area contributed by atoms with Crippen LogP contribution in [0.2, 0.25) is 0 Å². The van der Waals surface area contributed by atoms with Crippen LogP contribution in [0, 0.1) is 0 Å². The molecule has 1 atom stereocenters. The number of ether oxygens (including phenoxy) is 1. The van der Waals surface area contributed by atoms with Gasteiger partial charge in [0, 0.05) is 24.7 Å². The van der Waals surface area contributed by atoms with E-state index in [9.17, 15) is 18.0 Å². The molecule has 24 heavy (non-hydrogen) atoms. The SMILES string of the molecule is CCOC(=O)c1ccccc1NCCC(=O)NC1CCS(=O)(=O)C1. The molecule has 0 aliphatic carbocycles. The molecule has 1 aromatic carbocycles. The molecule has 1 fully saturated rings. The lowest BCUT2D eigenvalue weighted by Crippen LogP contribution is -2.36. The Balaban J connectivity index is 1.82. The third kappa shape index (κ3) is 5.23. The zero-order chi connectivity index (χ0) is 17.6. The number of anilines is 1. The molecule has 0 saturated carbocycles. The molecule has 0 spiro atoms. The van der Waals surface area contributed by atoms with Crippen molar-refractivity contribution >= 4 is 27.4 Å². The highest BCUT2D eigenvalue weighted by molar-refractivity contribution is 7.91. The molecule has 8 heteroatoms. The Labute approximate surface area is 141 Å². The summed E-state index contributed by atoms with van der Waals surface area (Å²) in [6, 6.07) is 6.63. The fourth-order valence-corrected chi connectivity index (χ4v) is 4.22. The van der Waals surface area contributed by atoms with Crippen molar-refractivity contribution in [1.82, 2.24) is 5.32 Å². The first-order valence-corrected chi connectivity index (χ1v) is 9.73. The molecule has 1 heterocycles. The van der Waals surface area contributed by atoms with Gasteiger partial charge in [0.1, 0.15) is 0 Å². The number of benzene rings is 1. The van der Waals surface area contributed by atoms with Crippen molar-refractivity contribution in [2.45, 2.75) is 25.8 Å². The lowest BCUT2D eigenvalue weighted by Gasteiger charge is -2.13. The number of rotatable bonds is 7. The van der Waals surface area contributed by atoms with Gasteiger partial charge in [0.15, 0.2) is 9.84 Å². The van der Waals surface area contributed by atoms with Crippen LogP contribution < -0.4 is 10.6 Å². The van der Waals surface area contributed by atoms with E-state index in [1.165, 1.54) is 0 Å². The van der Waals surface area contributed by atoms with E-state index in [2.05, 4.69) is 10.6 Å². The van der Waals surface area contributed by atoms with E-state index >= 15 is 0 Å². The van der Waals surface area contributed by atoms with Crippen molar-refractivity contribution in [2.24, 2.45) is 0 Å². The van der Waals surface area contributed by atoms with Crippen molar-refractivity contribution in [3.05, 3.63) is 29.8 Å². The molecule has 2 N–H and O–H groups in total. The summed E-state index contributed by atoms with van der Waals surface area (Å²) in [6.45, 7) is 2.36. The summed E-state index contributed by atoms with van der Waals surface area (Å²) in [5.74, 6) is -0.486. The molecule has 1 saturated heterocycles. The van der Waals surface area contributed by atoms with Gasteiger partial charge < -0.3 is 15.4 Å². The molecular weight excluding hydrogens is 332 g/mol. The van der Waals surface area contributed by atoms with Gasteiger partial charge in [-0.25, -0.2) is 13.2 Å². The predicted molar refractivity (Wildman–Crippen MR) is 90.7 cm³/mol. The normalized spacial score (nSPS) is 18.8. The smallest absolute Gasteiger partial charge is 0.340 e. The van der Waals surface area contributed by atoms with Crippen LogP contribution >= 0.6 is 0 Å². The van der Waals surface area contributed by atoms with E-state index in [0.29, 0.717) is 30.8 Å². The molecule has 1 aliphatic rings. The minimum absolute atomic E-state index is 0.0118. The number of sulfone groups is 1. The Morgan fingerprint density at radius 3 is 2.71 bits per heavy atom. The van der Waals surface area contributed by atoms with Gasteiger partial charge in [-0.15, -0.1) is 0 Å². The minimum Gasteiger partial charge on any atom is -0.462 e. The summed E-state index contributed by atoms with van der Waals surface area (Å²) in [4.78, 5) is 23.7. The lowest BCUT2D eigenvalue weighted by atomic mass is 10.1. The highest BCUT2D eigenvalue weighted by Gasteiger charge is 2.28. The monoisotopic (exact) mass is 354 g/mol. The number of hydrogen-bond donors (Lipinski definition) is 2. The standard InChI is InChI=1S/C16H22N2O5S/c1-2-23-16(20)13-5-3-4-6-14(13)17-9-7-15(19)18-12-8-10-24(21,22)11-12/h3-6,12,17H,2,7-11H2,1H3,(H,18,19). The number of hydrogen-bond acceptors (Lipinski definition) is 6. The van der Waals surface area contributed by atoms with E-state index in [0.717, 1.165) is 0 Å². The number of esters is 1. The van der Waals surface area contributed by atoms with Crippen LogP contribution in [0.5, 0.6) is 0 Å². The van der Waals surface area contributed by atoms with E-state index in [4.69, 9.17) is 4.74 Å². The quantitative estimate of drug-likeness (QED) is 0.708. The van der Waals surface area contributed by atoms with Crippen molar-refractivity contribution in [1.29, 1.82) is 0 Å². The molecule has 1 aromatic rings. The van der Waals surface area contributed by atoms with Crippen LogP contribution in [0.15, 0.2) is 24.3 Å². The van der Waals surface area contributed by atoms with Gasteiger partial charge in [-0.05, 0) is 25.5 Å². The van der Waals surface area contributed by atoms with Crippen molar-refractivity contribution in [2.75, 3.05) is 30.0 Å². The van der Waals surface area contributed by atoms with E-state index < -0.39 is 15.8 Å². The van der Waals surface area contributed by atoms with Crippen LogP contribution in [0.1, 0.15) is 30.1 Å². The van der Waals surface area contributed by atoms with E-state index in [1.807, 2.05) is 0 Å². The summed E-state index contributed by atoms with van der Waals surface area (Å²) in [5.41, 5.74) is 1.02. The van der Waals surface area contributed by atoms with Gasteiger partial charge in [-0.1, -0.05) is 12.1 Å². The molecule has 132 valence electrons. The molecule has 1 unspecified atom stereocenters. The Hall–Kier alpha value is -2.09. The maximum absolute atomic E-state index is 11.9. The second-order valence-corrected chi connectivity index (χ2v) is 7.84. The second kappa shape index (κ2) is 8.14. The Morgan fingerprint density at radius 1 is 1.29 bits per heavy atom. The topological polar surface area (TPSA) is 102 Å². The summed E-state index contributed by atoms with van der Waals surface area (Å²) in [5, 5.41) is 5.77. The van der Waals surface area contributed by atoms with Crippen LogP contribution in [0.4, 0.5) is 5.69 Å². The molecule has 0 aromatic heterocycles. The van der Waals surface area contributed by atoms with Gasteiger partial charge in [-0.2, -0.15) is 0 Å². The highest BCUT2D eigenvalue weighted by Crippen LogP contribution is 2.16. The van der Waals surface area contributed by atoms with E-state index in [1.54, 1.807) is 31.2 Å². The fourth-order valence-electron chi connectivity index (χ4n) is 2.54. The molecule has 2 rings (SSSR count). The van der Waals surface area contributed by atoms with Crippen LogP contribution in [-0.4, -0.2) is 51.0 Å². The highest BCUT2D eigenvalue weighted by atomic mass is 32.2. The maximum Gasteiger partial charge on any atom is 0.340 e. The molecule has 0 radical (unpaired) electrons. The second-order valence-electron chi connectivity index (χ2n) is 5.61. The van der Waals surface area contributed by atoms with Crippen LogP contribution in [0.25, 0.3) is 0 Å². The molecule has 1 amide bonds. The van der Waals surface area contributed by atoms with Crippen LogP contribution in [-0.2, 0) is 19.4 Å². The summed E-state index contributed by atoms with van der Waals surface area (Å²) in [6.07, 6.45) is 0.654. The number of amides is 1. The molecule has 0 bridgehead atoms. The average Bonchev–Trinajstić information content (AvgIpc) is 2.86. The first-order chi connectivity index (χ1) is 11.4. The Kier molecular flexibility index (Phi) is 6.19. The largest absolute Gasteiger partial charge is 0.462 e. The lowest BCUT2D eigenvalue weighted by molar-refractivity contribution is -0.121. The maximum atomic E-state index is 11.9. The predicted octanol–water partition coefficient (Wildman–Crippen LogP) is 0.969. The number of nitrogens with one attached hydrogen (secondary N) is 2. The average molecular weight is 354 g/mol. The zero-order valence-electron chi connectivity index (χ0n) is 13.6. The van der Waals surface area contributed by atoms with Gasteiger partial charge in [0.2, 0.25) is 5.91 Å². The Bertz CT molecular complexity index is 702. The van der Waals surface area contributed by atoms with E-state index in [-0.39, 0.29) is 29.9 Å². The fraction of sp³-hybridized carbons (Fsp3) is 0.500. The number of carbonyl (C=O) groups excluding carboxylic acids is 2. The van der Waals surface area contributed by atoms with Crippen LogP contribution in [0.3, 0.4) is 0 Å². The number of para-hydroxylation sites is 1. The zero-order valence-corrected chi connectivity index (χ0v) is 14.4. The molecular formula is C16H22N2O5S. The van der Waals surface area contributed by atoms with Gasteiger partial charge in [-0.3, -0.25) is 4.79 Å². The first kappa shape index (κ1) is 18.3. The summed E-state index contributed by atoms with van der Waals surface area (Å²) < 4.78 is 27.7. The van der Waals surface area contributed by atoms with Crippen molar-refractivity contribution in [3.8, 4) is 0 Å². The van der Waals surface area contributed by atoms with Crippen molar-refractivity contribution in [3.63, 3.8) is 0 Å². The van der Waals surface area contributed by atoms with Gasteiger partial charge in [0.25, 0.3) is 0 Å². The Morgan fingerprint density at radius 2 is 2.04 bits per heavy atom. The van der Waals surface area contributed by atoms with Crippen molar-refractivity contribution < 1.29 is 22.7 Å². The summed E-state index contributed by atoms with van der Waals surface area (Å²) >= 11 is 0. The summed E-state index contributed by atoms with van der Waals surface area (Å²) in [7, 11) is -3.01. The third-order valence-corrected chi connectivity index (χ3v) is 5.46. The first-order valence-electron chi connectivity index (χ1n) is 7.91. The van der Waals surface area contributed by atoms with Gasteiger partial charge >= 0.3 is 5.97 Å². The van der Waals surface area contributed by atoms with Gasteiger partial charge in [0.05, 0.1) is 23.7 Å². The third-order valence-electron chi connectivity index (χ3n) is 3.69.